The molecule has 2 rings (SSSR count). The van der Waals surface area contributed by atoms with Crippen LogP contribution in [-0.2, 0) is 9.53 Å². The van der Waals surface area contributed by atoms with Crippen molar-refractivity contribution in [1.29, 1.82) is 0 Å². The summed E-state index contributed by atoms with van der Waals surface area (Å²) in [5.74, 6) is 2.78. The van der Waals surface area contributed by atoms with Crippen LogP contribution in [0, 0.1) is 23.7 Å². The van der Waals surface area contributed by atoms with Crippen LogP contribution in [0.1, 0.15) is 60.8 Å². The maximum Gasteiger partial charge on any atom is 0.222 e. The summed E-state index contributed by atoms with van der Waals surface area (Å²) >= 11 is 0. The van der Waals surface area contributed by atoms with Crippen LogP contribution in [0.5, 0.6) is 0 Å². The first-order valence-corrected chi connectivity index (χ1v) is 9.32. The molecule has 0 aromatic heterocycles. The Morgan fingerprint density at radius 2 is 1.74 bits per heavy atom. The Kier molecular flexibility index (Phi) is 11.5. The Labute approximate surface area is 143 Å². The maximum absolute atomic E-state index is 11.1. The third kappa shape index (κ3) is 8.16. The van der Waals surface area contributed by atoms with Gasteiger partial charge in [-0.15, -0.1) is 0 Å². The summed E-state index contributed by atoms with van der Waals surface area (Å²) in [5.41, 5.74) is 0. The van der Waals surface area contributed by atoms with E-state index in [1.165, 1.54) is 0 Å². The molecule has 3 unspecified atom stereocenters. The summed E-state index contributed by atoms with van der Waals surface area (Å²) in [6.45, 7) is 15.1. The molecule has 0 spiro atoms. The van der Waals surface area contributed by atoms with E-state index in [0.717, 1.165) is 38.3 Å². The van der Waals surface area contributed by atoms with Crippen LogP contribution in [0.3, 0.4) is 0 Å². The van der Waals surface area contributed by atoms with Crippen LogP contribution in [0.2, 0.25) is 0 Å². The van der Waals surface area contributed by atoms with Gasteiger partial charge in [0.15, 0.2) is 0 Å². The van der Waals surface area contributed by atoms with E-state index in [9.17, 15) is 9.90 Å². The van der Waals surface area contributed by atoms with Gasteiger partial charge in [-0.3, -0.25) is 4.79 Å². The summed E-state index contributed by atoms with van der Waals surface area (Å²) < 4.78 is 5.11. The minimum Gasteiger partial charge on any atom is -0.390 e. The van der Waals surface area contributed by atoms with Crippen molar-refractivity contribution in [3.63, 3.8) is 0 Å². The standard InChI is InChI=1S/C9H17NO.C8H16O2.C2H6/c1-7(2)8-4-5-9(11)10(3)6-8;1-6(2)7-3-4-10-5-8(7)9;1-2/h7-8H,4-6H2,1-3H3;6-9H,3-5H2,1-2H3;1-2H3. The minimum absolute atomic E-state index is 0.228. The lowest BCUT2D eigenvalue weighted by Gasteiger charge is -2.31. The van der Waals surface area contributed by atoms with Crippen molar-refractivity contribution >= 4 is 5.91 Å². The molecule has 0 aromatic rings. The van der Waals surface area contributed by atoms with Crippen LogP contribution in [0.15, 0.2) is 0 Å². The average molecular weight is 330 g/mol. The van der Waals surface area contributed by atoms with E-state index in [1.54, 1.807) is 0 Å². The van der Waals surface area contributed by atoms with E-state index in [4.69, 9.17) is 4.74 Å². The zero-order valence-electron chi connectivity index (χ0n) is 16.3. The Bertz CT molecular complexity index is 318. The van der Waals surface area contributed by atoms with Gasteiger partial charge in [-0.2, -0.15) is 0 Å². The summed E-state index contributed by atoms with van der Waals surface area (Å²) in [6.07, 6.45) is 2.62. The second kappa shape index (κ2) is 11.9. The van der Waals surface area contributed by atoms with Crippen LogP contribution in [0.25, 0.3) is 0 Å². The second-order valence-electron chi connectivity index (χ2n) is 7.16. The monoisotopic (exact) mass is 329 g/mol. The molecule has 0 radical (unpaired) electrons. The van der Waals surface area contributed by atoms with E-state index in [-0.39, 0.29) is 6.10 Å². The summed E-state index contributed by atoms with van der Waals surface area (Å²) in [6, 6.07) is 0. The lowest BCUT2D eigenvalue weighted by molar-refractivity contribution is -0.133. The molecule has 4 nitrogen and oxygen atoms in total. The number of hydrogen-bond acceptors (Lipinski definition) is 3. The molecule has 4 heteroatoms. The number of carbonyl (C=O) groups is 1. The zero-order chi connectivity index (χ0) is 18.0. The van der Waals surface area contributed by atoms with Crippen molar-refractivity contribution in [3.8, 4) is 0 Å². The Morgan fingerprint density at radius 3 is 2.13 bits per heavy atom. The fourth-order valence-electron chi connectivity index (χ4n) is 3.11. The molecule has 0 bridgehead atoms. The van der Waals surface area contributed by atoms with Gasteiger partial charge in [-0.05, 0) is 36.5 Å². The maximum atomic E-state index is 11.1. The fraction of sp³-hybridized carbons (Fsp3) is 0.947. The molecule has 2 aliphatic rings. The molecule has 3 atom stereocenters. The third-order valence-corrected chi connectivity index (χ3v) is 4.84. The predicted molar refractivity (Wildman–Crippen MR) is 96.3 cm³/mol. The smallest absolute Gasteiger partial charge is 0.222 e. The van der Waals surface area contributed by atoms with E-state index in [1.807, 2.05) is 25.8 Å². The highest BCUT2D eigenvalue weighted by Gasteiger charge is 2.26. The number of likely N-dealkylation sites (tertiary alicyclic amines) is 1. The van der Waals surface area contributed by atoms with Gasteiger partial charge in [0, 0.05) is 26.6 Å². The first-order chi connectivity index (χ1) is 10.8. The fourth-order valence-corrected chi connectivity index (χ4v) is 3.11. The average Bonchev–Trinajstić information content (AvgIpc) is 2.52. The second-order valence-corrected chi connectivity index (χ2v) is 7.16. The van der Waals surface area contributed by atoms with Crippen molar-refractivity contribution in [2.45, 2.75) is 66.9 Å². The van der Waals surface area contributed by atoms with Gasteiger partial charge < -0.3 is 14.7 Å². The van der Waals surface area contributed by atoms with Crippen LogP contribution in [0.4, 0.5) is 0 Å². The highest BCUT2D eigenvalue weighted by atomic mass is 16.5. The van der Waals surface area contributed by atoms with Crippen molar-refractivity contribution in [2.75, 3.05) is 26.8 Å². The first-order valence-electron chi connectivity index (χ1n) is 9.32. The minimum atomic E-state index is -0.228. The van der Waals surface area contributed by atoms with Gasteiger partial charge in [0.25, 0.3) is 0 Å². The third-order valence-electron chi connectivity index (χ3n) is 4.84. The summed E-state index contributed by atoms with van der Waals surface area (Å²) in [7, 11) is 1.90. The summed E-state index contributed by atoms with van der Waals surface area (Å²) in [5, 5.41) is 9.41. The van der Waals surface area contributed by atoms with Crippen LogP contribution < -0.4 is 0 Å². The molecular weight excluding hydrogens is 290 g/mol. The van der Waals surface area contributed by atoms with Gasteiger partial charge in [-0.25, -0.2) is 0 Å². The Balaban J connectivity index is 0.000000381. The van der Waals surface area contributed by atoms with E-state index in [0.29, 0.717) is 30.3 Å². The molecule has 23 heavy (non-hydrogen) atoms. The molecule has 2 aliphatic heterocycles. The van der Waals surface area contributed by atoms with Gasteiger partial charge in [0.2, 0.25) is 5.91 Å². The Morgan fingerprint density at radius 1 is 1.13 bits per heavy atom. The molecule has 0 aromatic carbocycles. The van der Waals surface area contributed by atoms with Crippen LogP contribution in [-0.4, -0.2) is 48.8 Å². The highest BCUT2D eigenvalue weighted by molar-refractivity contribution is 5.76. The molecular formula is C19H39NO3. The van der Waals surface area contributed by atoms with Gasteiger partial charge in [0.05, 0.1) is 12.7 Å². The van der Waals surface area contributed by atoms with Gasteiger partial charge in [0.1, 0.15) is 0 Å². The largest absolute Gasteiger partial charge is 0.390 e. The van der Waals surface area contributed by atoms with Crippen LogP contribution >= 0.6 is 0 Å². The first kappa shape index (κ1) is 22.4. The number of amides is 1. The molecule has 1 N–H and O–H groups in total. The van der Waals surface area contributed by atoms with E-state index < -0.39 is 0 Å². The summed E-state index contributed by atoms with van der Waals surface area (Å²) in [4.78, 5) is 12.9. The van der Waals surface area contributed by atoms with Crippen molar-refractivity contribution < 1.29 is 14.6 Å². The van der Waals surface area contributed by atoms with E-state index >= 15 is 0 Å². The molecule has 0 aliphatic carbocycles. The molecule has 0 saturated carbocycles. The number of carbonyl (C=O) groups excluding carboxylic acids is 1. The predicted octanol–water partition coefficient (Wildman–Crippen LogP) is 3.58. The van der Waals surface area contributed by atoms with Gasteiger partial charge >= 0.3 is 0 Å². The number of ether oxygens (including phenoxy) is 1. The lowest BCUT2D eigenvalue weighted by atomic mass is 9.87. The van der Waals surface area contributed by atoms with Gasteiger partial charge in [-0.1, -0.05) is 41.5 Å². The number of hydrogen-bond donors (Lipinski definition) is 1. The van der Waals surface area contributed by atoms with Crippen molar-refractivity contribution in [2.24, 2.45) is 23.7 Å². The molecule has 1 amide bonds. The lowest BCUT2D eigenvalue weighted by Crippen LogP contribution is -2.38. The quantitative estimate of drug-likeness (QED) is 0.842. The number of aliphatic hydroxyl groups is 1. The zero-order valence-corrected chi connectivity index (χ0v) is 16.3. The number of rotatable bonds is 2. The highest BCUT2D eigenvalue weighted by Crippen LogP contribution is 2.23. The topological polar surface area (TPSA) is 49.8 Å². The number of aliphatic hydroxyl groups excluding tert-OH is 1. The van der Waals surface area contributed by atoms with Crippen molar-refractivity contribution in [1.82, 2.24) is 4.90 Å². The SMILES string of the molecule is CC.CC(C)C1CCC(=O)N(C)C1.CC(C)C1CCOCC1O. The number of piperidine rings is 1. The molecule has 2 fully saturated rings. The molecule has 2 heterocycles. The number of nitrogens with zero attached hydrogens (tertiary/aromatic N) is 1. The molecule has 2 saturated heterocycles. The molecule has 138 valence electrons. The van der Waals surface area contributed by atoms with E-state index in [2.05, 4.69) is 27.7 Å². The van der Waals surface area contributed by atoms with Crippen molar-refractivity contribution in [3.05, 3.63) is 0 Å². The normalized spacial score (nSPS) is 28.0. The Hall–Kier alpha value is -0.610.